The zero-order chi connectivity index (χ0) is 16.4. The minimum Gasteiger partial charge on any atom is -0.465 e. The number of ketones is 1. The average Bonchev–Trinajstić information content (AvgIpc) is 2.98. The lowest BCUT2D eigenvalue weighted by atomic mass is 9.95. The number of benzene rings is 2. The monoisotopic (exact) mass is 346 g/mol. The van der Waals surface area contributed by atoms with Crippen LogP contribution in [0.2, 0.25) is 5.02 Å². The van der Waals surface area contributed by atoms with Gasteiger partial charge >= 0.3 is 5.97 Å². The van der Waals surface area contributed by atoms with Crippen molar-refractivity contribution in [3.63, 3.8) is 0 Å². The van der Waals surface area contributed by atoms with Crippen molar-refractivity contribution >= 4 is 35.1 Å². The summed E-state index contributed by atoms with van der Waals surface area (Å²) in [5.41, 5.74) is 1.95. The van der Waals surface area contributed by atoms with Crippen LogP contribution in [0.3, 0.4) is 0 Å². The summed E-state index contributed by atoms with van der Waals surface area (Å²) in [6, 6.07) is 12.5. The van der Waals surface area contributed by atoms with Crippen molar-refractivity contribution in [2.45, 2.75) is 17.7 Å². The van der Waals surface area contributed by atoms with Crippen LogP contribution in [0.5, 0.6) is 0 Å². The molecule has 0 spiro atoms. The molecule has 1 aliphatic heterocycles. The Morgan fingerprint density at radius 3 is 2.70 bits per heavy atom. The summed E-state index contributed by atoms with van der Waals surface area (Å²) in [6.45, 7) is 2.12. The third-order valence-corrected chi connectivity index (χ3v) is 5.17. The number of carbonyl (C=O) groups is 2. The van der Waals surface area contributed by atoms with Crippen LogP contribution >= 0.6 is 23.4 Å². The molecule has 0 radical (unpaired) electrons. The minimum absolute atomic E-state index is 0.0821. The number of carbonyl (C=O) groups excluding carboxylic acids is 2. The van der Waals surface area contributed by atoms with E-state index in [0.29, 0.717) is 28.5 Å². The van der Waals surface area contributed by atoms with Gasteiger partial charge in [-0.05, 0) is 24.6 Å². The zero-order valence-electron chi connectivity index (χ0n) is 12.5. The van der Waals surface area contributed by atoms with Crippen molar-refractivity contribution < 1.29 is 14.3 Å². The summed E-state index contributed by atoms with van der Waals surface area (Å²) in [5.74, 6) is -0.139. The highest BCUT2D eigenvalue weighted by Gasteiger charge is 2.34. The van der Waals surface area contributed by atoms with Gasteiger partial charge in [0.2, 0.25) is 0 Å². The summed E-state index contributed by atoms with van der Waals surface area (Å²) in [7, 11) is 0. The van der Waals surface area contributed by atoms with E-state index in [1.807, 2.05) is 18.2 Å². The number of esters is 1. The first-order chi connectivity index (χ1) is 11.1. The SMILES string of the molecule is CCOC(=O)C1CSc2c(C(=O)c3ccccc3)cc(Cl)cc21. The predicted octanol–water partition coefficient (Wildman–Crippen LogP) is 4.32. The molecule has 1 atom stereocenters. The van der Waals surface area contributed by atoms with Crippen LogP contribution in [0.15, 0.2) is 47.4 Å². The van der Waals surface area contributed by atoms with Crippen molar-refractivity contribution in [1.82, 2.24) is 0 Å². The number of halogens is 1. The van der Waals surface area contributed by atoms with Crippen LogP contribution in [0.4, 0.5) is 0 Å². The number of hydrogen-bond acceptors (Lipinski definition) is 4. The lowest BCUT2D eigenvalue weighted by Crippen LogP contribution is -2.15. The van der Waals surface area contributed by atoms with Gasteiger partial charge in [-0.2, -0.15) is 0 Å². The second-order valence-corrected chi connectivity index (χ2v) is 6.65. The standard InChI is InChI=1S/C18H15ClO3S/c1-2-22-18(21)15-10-23-17-13(15)8-12(19)9-14(17)16(20)11-6-4-3-5-7-11/h3-9,15H,2,10H2,1H3. The van der Waals surface area contributed by atoms with Gasteiger partial charge in [-0.25, -0.2) is 0 Å². The Morgan fingerprint density at radius 1 is 1.26 bits per heavy atom. The average molecular weight is 347 g/mol. The normalized spacial score (nSPS) is 16.0. The van der Waals surface area contributed by atoms with Crippen LogP contribution in [0.1, 0.15) is 34.3 Å². The Bertz CT molecular complexity index is 758. The topological polar surface area (TPSA) is 43.4 Å². The highest BCUT2D eigenvalue weighted by molar-refractivity contribution is 7.99. The van der Waals surface area contributed by atoms with E-state index in [0.717, 1.165) is 10.5 Å². The van der Waals surface area contributed by atoms with Crippen molar-refractivity contribution in [1.29, 1.82) is 0 Å². The van der Waals surface area contributed by atoms with Gasteiger partial charge in [-0.15, -0.1) is 11.8 Å². The van der Waals surface area contributed by atoms with Crippen LogP contribution in [-0.4, -0.2) is 24.1 Å². The summed E-state index contributed by atoms with van der Waals surface area (Å²) in [5, 5.41) is 0.458. The van der Waals surface area contributed by atoms with Gasteiger partial charge in [-0.3, -0.25) is 9.59 Å². The summed E-state index contributed by atoms with van der Waals surface area (Å²) in [4.78, 5) is 25.7. The largest absolute Gasteiger partial charge is 0.465 e. The predicted molar refractivity (Wildman–Crippen MR) is 91.4 cm³/mol. The second-order valence-electron chi connectivity index (χ2n) is 5.18. The first kappa shape index (κ1) is 16.1. The Kier molecular flexibility index (Phi) is 4.74. The molecule has 3 nitrogen and oxygen atoms in total. The first-order valence-corrected chi connectivity index (χ1v) is 8.70. The van der Waals surface area contributed by atoms with E-state index in [2.05, 4.69) is 0 Å². The van der Waals surface area contributed by atoms with E-state index >= 15 is 0 Å². The van der Waals surface area contributed by atoms with Crippen molar-refractivity contribution in [2.24, 2.45) is 0 Å². The molecule has 0 N–H and O–H groups in total. The van der Waals surface area contributed by atoms with Gasteiger partial charge in [0.25, 0.3) is 0 Å². The maximum atomic E-state index is 12.8. The van der Waals surface area contributed by atoms with Crippen LogP contribution < -0.4 is 0 Å². The molecule has 0 aromatic heterocycles. The fourth-order valence-corrected chi connectivity index (χ4v) is 4.19. The summed E-state index contributed by atoms with van der Waals surface area (Å²) >= 11 is 7.70. The molecule has 0 amide bonds. The molecule has 2 aromatic carbocycles. The summed E-state index contributed by atoms with van der Waals surface area (Å²) in [6.07, 6.45) is 0. The van der Waals surface area contributed by atoms with E-state index < -0.39 is 0 Å². The second kappa shape index (κ2) is 6.77. The highest BCUT2D eigenvalue weighted by Crippen LogP contribution is 2.44. The van der Waals surface area contributed by atoms with E-state index in [9.17, 15) is 9.59 Å². The fourth-order valence-electron chi connectivity index (χ4n) is 2.64. The van der Waals surface area contributed by atoms with Crippen LogP contribution in [0.25, 0.3) is 0 Å². The molecule has 1 aliphatic rings. The lowest BCUT2D eigenvalue weighted by molar-refractivity contribution is -0.144. The molecule has 0 saturated heterocycles. The van der Waals surface area contributed by atoms with Gasteiger partial charge in [0.05, 0.1) is 12.5 Å². The maximum absolute atomic E-state index is 12.8. The van der Waals surface area contributed by atoms with Gasteiger partial charge < -0.3 is 4.74 Å². The Balaban J connectivity index is 2.03. The minimum atomic E-state index is -0.365. The lowest BCUT2D eigenvalue weighted by Gasteiger charge is -2.12. The molecule has 0 aliphatic carbocycles. The number of rotatable bonds is 4. The van der Waals surface area contributed by atoms with Gasteiger partial charge in [0.1, 0.15) is 0 Å². The first-order valence-electron chi connectivity index (χ1n) is 7.34. The third kappa shape index (κ3) is 3.14. The van der Waals surface area contributed by atoms with Crippen LogP contribution in [0, 0.1) is 0 Å². The Hall–Kier alpha value is -1.78. The quantitative estimate of drug-likeness (QED) is 0.610. The molecule has 5 heteroatoms. The van der Waals surface area contributed by atoms with E-state index in [-0.39, 0.29) is 17.7 Å². The van der Waals surface area contributed by atoms with Crippen LogP contribution in [-0.2, 0) is 9.53 Å². The Morgan fingerprint density at radius 2 is 2.00 bits per heavy atom. The molecular weight excluding hydrogens is 332 g/mol. The molecular formula is C18H15ClO3S. The maximum Gasteiger partial charge on any atom is 0.314 e. The van der Waals surface area contributed by atoms with Crippen molar-refractivity contribution in [3.05, 3.63) is 64.2 Å². The molecule has 23 heavy (non-hydrogen) atoms. The molecule has 118 valence electrons. The summed E-state index contributed by atoms with van der Waals surface area (Å²) < 4.78 is 5.13. The van der Waals surface area contributed by atoms with Gasteiger partial charge in [-0.1, -0.05) is 41.9 Å². The smallest absolute Gasteiger partial charge is 0.314 e. The number of fused-ring (bicyclic) bond motifs is 1. The van der Waals surface area contributed by atoms with E-state index in [4.69, 9.17) is 16.3 Å². The van der Waals surface area contributed by atoms with Crippen molar-refractivity contribution in [3.8, 4) is 0 Å². The van der Waals surface area contributed by atoms with Gasteiger partial charge in [0, 0.05) is 26.8 Å². The molecule has 1 heterocycles. The molecule has 0 fully saturated rings. The van der Waals surface area contributed by atoms with Crippen molar-refractivity contribution in [2.75, 3.05) is 12.4 Å². The highest BCUT2D eigenvalue weighted by atomic mass is 35.5. The number of thioether (sulfide) groups is 1. The fraction of sp³-hybridized carbons (Fsp3) is 0.222. The third-order valence-electron chi connectivity index (χ3n) is 3.70. The molecule has 0 bridgehead atoms. The molecule has 0 saturated carbocycles. The van der Waals surface area contributed by atoms with Gasteiger partial charge in [0.15, 0.2) is 5.78 Å². The van der Waals surface area contributed by atoms with E-state index in [1.165, 1.54) is 11.8 Å². The molecule has 1 unspecified atom stereocenters. The van der Waals surface area contributed by atoms with E-state index in [1.54, 1.807) is 31.2 Å². The number of hydrogen-bond donors (Lipinski definition) is 0. The zero-order valence-corrected chi connectivity index (χ0v) is 14.1. The molecule has 2 aromatic rings. The number of ether oxygens (including phenoxy) is 1. The Labute approximate surface area is 144 Å². The molecule has 3 rings (SSSR count).